The van der Waals surface area contributed by atoms with Crippen LogP contribution < -0.4 is 10.2 Å². The predicted molar refractivity (Wildman–Crippen MR) is 109 cm³/mol. The second kappa shape index (κ2) is 7.90. The smallest absolute Gasteiger partial charge is 0.251 e. The summed E-state index contributed by atoms with van der Waals surface area (Å²) in [5.41, 5.74) is 2.48. The van der Waals surface area contributed by atoms with E-state index in [4.69, 9.17) is 0 Å². The van der Waals surface area contributed by atoms with Crippen LogP contribution in [0, 0.1) is 22.7 Å². The van der Waals surface area contributed by atoms with Crippen LogP contribution in [0.2, 0.25) is 0 Å². The Balaban J connectivity index is 1.63. The number of anilines is 1. The van der Waals surface area contributed by atoms with Crippen molar-refractivity contribution in [3.8, 4) is 6.07 Å². The lowest BCUT2D eigenvalue weighted by atomic mass is 9.80. The van der Waals surface area contributed by atoms with Crippen molar-refractivity contribution in [1.82, 2.24) is 10.2 Å². The van der Waals surface area contributed by atoms with E-state index in [1.54, 1.807) is 13.1 Å². The maximum Gasteiger partial charge on any atom is 0.251 e. The van der Waals surface area contributed by atoms with Crippen LogP contribution in [0.5, 0.6) is 0 Å². The van der Waals surface area contributed by atoms with Gasteiger partial charge >= 0.3 is 0 Å². The number of carbonyl (C=O) groups excluding carboxylic acids is 1. The molecule has 5 nitrogen and oxygen atoms in total. The average Bonchev–Trinajstić information content (AvgIpc) is 3.17. The van der Waals surface area contributed by atoms with Crippen LogP contribution in [0.25, 0.3) is 0 Å². The summed E-state index contributed by atoms with van der Waals surface area (Å²) in [5, 5.41) is 12.2. The highest BCUT2D eigenvalue weighted by molar-refractivity contribution is 5.95. The third-order valence-corrected chi connectivity index (χ3v) is 6.37. The quantitative estimate of drug-likeness (QED) is 0.890. The molecule has 0 saturated carbocycles. The first-order valence-corrected chi connectivity index (χ1v) is 10.1. The van der Waals surface area contributed by atoms with Crippen LogP contribution in [0.3, 0.4) is 0 Å². The average molecular weight is 369 g/mol. The summed E-state index contributed by atoms with van der Waals surface area (Å²) in [6, 6.07) is 8.37. The summed E-state index contributed by atoms with van der Waals surface area (Å²) >= 11 is 0. The number of nitrogens with zero attached hydrogens (tertiary/aromatic N) is 3. The molecule has 27 heavy (non-hydrogen) atoms. The molecule has 0 radical (unpaired) electrons. The first-order valence-electron chi connectivity index (χ1n) is 10.1. The second-order valence-electron chi connectivity index (χ2n) is 8.99. The molecule has 0 bridgehead atoms. The normalized spacial score (nSPS) is 21.9. The molecule has 1 atom stereocenters. The van der Waals surface area contributed by atoms with Gasteiger partial charge in [-0.1, -0.05) is 20.8 Å². The SMILES string of the molecule is CNC(=O)c1ccc(N2CCC(N3CCC(C(C)(C)C)C3)CC2)c(C#N)c1. The number of piperidine rings is 1. The highest BCUT2D eigenvalue weighted by atomic mass is 16.1. The van der Waals surface area contributed by atoms with Gasteiger partial charge in [-0.2, -0.15) is 5.26 Å². The molecular formula is C22H32N4O. The molecule has 2 heterocycles. The fraction of sp³-hybridized carbons (Fsp3) is 0.636. The van der Waals surface area contributed by atoms with E-state index in [0.717, 1.165) is 37.5 Å². The third kappa shape index (κ3) is 4.27. The lowest BCUT2D eigenvalue weighted by Gasteiger charge is -2.38. The highest BCUT2D eigenvalue weighted by Crippen LogP contribution is 2.36. The van der Waals surface area contributed by atoms with Gasteiger partial charge in [0.15, 0.2) is 0 Å². The Morgan fingerprint density at radius 3 is 2.44 bits per heavy atom. The lowest BCUT2D eigenvalue weighted by molar-refractivity contribution is 0.0963. The monoisotopic (exact) mass is 368 g/mol. The fourth-order valence-corrected chi connectivity index (χ4v) is 4.48. The van der Waals surface area contributed by atoms with Crippen LogP contribution in [-0.4, -0.2) is 50.1 Å². The summed E-state index contributed by atoms with van der Waals surface area (Å²) in [6.45, 7) is 11.4. The van der Waals surface area contributed by atoms with Gasteiger partial charge in [-0.15, -0.1) is 0 Å². The zero-order chi connectivity index (χ0) is 19.6. The minimum absolute atomic E-state index is 0.154. The number of carbonyl (C=O) groups is 1. The van der Waals surface area contributed by atoms with Crippen LogP contribution >= 0.6 is 0 Å². The number of hydrogen-bond donors (Lipinski definition) is 1. The van der Waals surface area contributed by atoms with Crippen molar-refractivity contribution in [2.45, 2.75) is 46.1 Å². The summed E-state index contributed by atoms with van der Waals surface area (Å²) in [5.74, 6) is 0.636. The molecular weight excluding hydrogens is 336 g/mol. The van der Waals surface area contributed by atoms with Crippen molar-refractivity contribution in [3.05, 3.63) is 29.3 Å². The zero-order valence-corrected chi connectivity index (χ0v) is 17.1. The number of amides is 1. The maximum absolute atomic E-state index is 11.8. The Hall–Kier alpha value is -2.06. The highest BCUT2D eigenvalue weighted by Gasteiger charge is 2.35. The molecule has 5 heteroatoms. The molecule has 3 rings (SSSR count). The van der Waals surface area contributed by atoms with E-state index in [0.29, 0.717) is 22.6 Å². The first-order chi connectivity index (χ1) is 12.8. The first kappa shape index (κ1) is 19.7. The van der Waals surface area contributed by atoms with E-state index in [-0.39, 0.29) is 5.91 Å². The van der Waals surface area contributed by atoms with Crippen molar-refractivity contribution in [2.24, 2.45) is 11.3 Å². The van der Waals surface area contributed by atoms with Crippen LogP contribution in [0.4, 0.5) is 5.69 Å². The van der Waals surface area contributed by atoms with E-state index >= 15 is 0 Å². The molecule has 1 aromatic rings. The number of hydrogen-bond acceptors (Lipinski definition) is 4. The van der Waals surface area contributed by atoms with E-state index in [1.807, 2.05) is 12.1 Å². The van der Waals surface area contributed by atoms with Crippen molar-refractivity contribution in [3.63, 3.8) is 0 Å². The van der Waals surface area contributed by atoms with Crippen molar-refractivity contribution >= 4 is 11.6 Å². The summed E-state index contributed by atoms with van der Waals surface area (Å²) in [6.07, 6.45) is 3.58. The number of nitrogens with one attached hydrogen (secondary N) is 1. The van der Waals surface area contributed by atoms with Crippen LogP contribution in [-0.2, 0) is 0 Å². The van der Waals surface area contributed by atoms with Gasteiger partial charge in [0.25, 0.3) is 5.91 Å². The van der Waals surface area contributed by atoms with Crippen molar-refractivity contribution in [2.75, 3.05) is 38.1 Å². The molecule has 1 aromatic carbocycles. The molecule has 1 unspecified atom stereocenters. The van der Waals surface area contributed by atoms with Gasteiger partial charge in [0.1, 0.15) is 6.07 Å². The Morgan fingerprint density at radius 2 is 1.89 bits per heavy atom. The largest absolute Gasteiger partial charge is 0.370 e. The summed E-state index contributed by atoms with van der Waals surface area (Å²) in [7, 11) is 1.61. The Morgan fingerprint density at radius 1 is 1.19 bits per heavy atom. The maximum atomic E-state index is 11.8. The predicted octanol–water partition coefficient (Wildman–Crippen LogP) is 3.25. The molecule has 1 N–H and O–H groups in total. The molecule has 2 aliphatic heterocycles. The number of likely N-dealkylation sites (tertiary alicyclic amines) is 1. The fourth-order valence-electron chi connectivity index (χ4n) is 4.48. The zero-order valence-electron chi connectivity index (χ0n) is 17.1. The molecule has 2 aliphatic rings. The summed E-state index contributed by atoms with van der Waals surface area (Å²) in [4.78, 5) is 16.8. The number of nitriles is 1. The number of rotatable bonds is 3. The minimum atomic E-state index is -0.154. The van der Waals surface area contributed by atoms with Crippen LogP contribution in [0.1, 0.15) is 56.0 Å². The van der Waals surface area contributed by atoms with Gasteiger partial charge in [-0.3, -0.25) is 9.69 Å². The van der Waals surface area contributed by atoms with Gasteiger partial charge in [0, 0.05) is 38.3 Å². The van der Waals surface area contributed by atoms with Gasteiger partial charge in [0.2, 0.25) is 0 Å². The molecule has 146 valence electrons. The second-order valence-corrected chi connectivity index (χ2v) is 8.99. The van der Waals surface area contributed by atoms with E-state index < -0.39 is 0 Å². The summed E-state index contributed by atoms with van der Waals surface area (Å²) < 4.78 is 0. The van der Waals surface area contributed by atoms with Gasteiger partial charge < -0.3 is 10.2 Å². The third-order valence-electron chi connectivity index (χ3n) is 6.37. The van der Waals surface area contributed by atoms with Gasteiger partial charge in [0.05, 0.1) is 11.3 Å². The molecule has 0 aromatic heterocycles. The molecule has 0 aliphatic carbocycles. The topological polar surface area (TPSA) is 59.4 Å². The van der Waals surface area contributed by atoms with E-state index in [9.17, 15) is 10.1 Å². The van der Waals surface area contributed by atoms with Crippen LogP contribution in [0.15, 0.2) is 18.2 Å². The minimum Gasteiger partial charge on any atom is -0.370 e. The van der Waals surface area contributed by atoms with E-state index in [2.05, 4.69) is 42.0 Å². The Labute approximate surface area is 163 Å². The Kier molecular flexibility index (Phi) is 5.76. The van der Waals surface area contributed by atoms with Crippen molar-refractivity contribution in [1.29, 1.82) is 5.26 Å². The van der Waals surface area contributed by atoms with Crippen molar-refractivity contribution < 1.29 is 4.79 Å². The lowest BCUT2D eigenvalue weighted by Crippen LogP contribution is -2.44. The molecule has 1 amide bonds. The molecule has 2 saturated heterocycles. The van der Waals surface area contributed by atoms with Gasteiger partial charge in [-0.25, -0.2) is 0 Å². The standard InChI is InChI=1S/C22H32N4O/c1-22(2,3)18-7-10-26(15-18)19-8-11-25(12-9-19)20-6-5-16(21(27)24-4)13-17(20)14-23/h5-6,13,18-19H,7-12,15H2,1-4H3,(H,24,27). The molecule has 0 spiro atoms. The molecule has 2 fully saturated rings. The van der Waals surface area contributed by atoms with Gasteiger partial charge in [-0.05, 0) is 55.3 Å². The van der Waals surface area contributed by atoms with E-state index in [1.165, 1.54) is 19.5 Å². The Bertz CT molecular complexity index is 723. The number of benzene rings is 1.